The predicted octanol–water partition coefficient (Wildman–Crippen LogP) is 4.27. The van der Waals surface area contributed by atoms with Gasteiger partial charge in [-0.1, -0.05) is 54.6 Å². The number of hydrogen-bond donors (Lipinski definition) is 1. The van der Waals surface area contributed by atoms with Gasteiger partial charge in [-0.25, -0.2) is 4.79 Å². The fourth-order valence-corrected chi connectivity index (χ4v) is 3.45. The summed E-state index contributed by atoms with van der Waals surface area (Å²) in [5.41, 5.74) is 2.38. The second-order valence-corrected chi connectivity index (χ2v) is 8.48. The van der Waals surface area contributed by atoms with Crippen LogP contribution in [-0.4, -0.2) is 32.7 Å². The molecule has 2 amide bonds. The van der Waals surface area contributed by atoms with Crippen LogP contribution in [0.3, 0.4) is 0 Å². The lowest BCUT2D eigenvalue weighted by Gasteiger charge is -2.24. The molecule has 0 saturated carbocycles. The molecule has 8 heteroatoms. The van der Waals surface area contributed by atoms with E-state index in [1.807, 2.05) is 42.5 Å². The van der Waals surface area contributed by atoms with Gasteiger partial charge in [-0.2, -0.15) is 8.42 Å². The monoisotopic (exact) mass is 440 g/mol. The first-order valence-electron chi connectivity index (χ1n) is 9.55. The average molecular weight is 441 g/mol. The van der Waals surface area contributed by atoms with E-state index in [0.29, 0.717) is 24.5 Å². The van der Waals surface area contributed by atoms with Gasteiger partial charge in [0, 0.05) is 13.1 Å². The zero-order chi connectivity index (χ0) is 22.3. The van der Waals surface area contributed by atoms with Gasteiger partial charge in [-0.05, 0) is 35.4 Å². The summed E-state index contributed by atoms with van der Waals surface area (Å²) in [5.74, 6) is 0.789. The summed E-state index contributed by atoms with van der Waals surface area (Å²) < 4.78 is 32.8. The van der Waals surface area contributed by atoms with Crippen molar-refractivity contribution in [2.45, 2.75) is 13.1 Å². The Hall–Kier alpha value is -3.52. The highest BCUT2D eigenvalue weighted by Crippen LogP contribution is 2.24. The maximum Gasteiger partial charge on any atom is 0.322 e. The lowest BCUT2D eigenvalue weighted by atomic mass is 10.1. The molecular formula is C23H24N2O5S. The van der Waals surface area contributed by atoms with Gasteiger partial charge in [-0.3, -0.25) is 0 Å². The summed E-state index contributed by atoms with van der Waals surface area (Å²) in [6, 6.07) is 23.2. The molecule has 3 rings (SSSR count). The number of benzene rings is 3. The van der Waals surface area contributed by atoms with E-state index in [2.05, 4.69) is 5.32 Å². The molecule has 0 atom stereocenters. The second kappa shape index (κ2) is 9.99. The molecule has 31 heavy (non-hydrogen) atoms. The minimum absolute atomic E-state index is 0.222. The number of methoxy groups -OCH3 is 1. The number of para-hydroxylation sites is 2. The lowest BCUT2D eigenvalue weighted by molar-refractivity contribution is 0.206. The van der Waals surface area contributed by atoms with Crippen LogP contribution >= 0.6 is 0 Å². The van der Waals surface area contributed by atoms with Crippen molar-refractivity contribution in [3.63, 3.8) is 0 Å². The van der Waals surface area contributed by atoms with Crippen molar-refractivity contribution in [1.29, 1.82) is 0 Å². The molecule has 0 fully saturated rings. The Morgan fingerprint density at radius 1 is 0.871 bits per heavy atom. The Kier molecular flexibility index (Phi) is 7.15. The number of hydrogen-bond acceptors (Lipinski definition) is 5. The highest BCUT2D eigenvalue weighted by Gasteiger charge is 2.17. The molecule has 0 bridgehead atoms. The van der Waals surface area contributed by atoms with E-state index in [9.17, 15) is 13.2 Å². The third kappa shape index (κ3) is 6.75. The normalized spacial score (nSPS) is 10.9. The maximum atomic E-state index is 13.1. The van der Waals surface area contributed by atoms with E-state index in [4.69, 9.17) is 8.92 Å². The number of carbonyl (C=O) groups is 1. The number of amides is 2. The Morgan fingerprint density at radius 2 is 1.45 bits per heavy atom. The molecule has 0 aliphatic heterocycles. The topological polar surface area (TPSA) is 84.9 Å². The number of carbonyl (C=O) groups excluding carboxylic acids is 1. The molecule has 0 aromatic heterocycles. The van der Waals surface area contributed by atoms with Crippen molar-refractivity contribution in [3.05, 3.63) is 90.0 Å². The molecule has 0 aliphatic rings. The Labute approximate surface area is 182 Å². The summed E-state index contributed by atoms with van der Waals surface area (Å²) in [6.07, 6.45) is 0.991. The second-order valence-electron chi connectivity index (χ2n) is 6.90. The molecule has 162 valence electrons. The van der Waals surface area contributed by atoms with Gasteiger partial charge in [0.2, 0.25) is 0 Å². The van der Waals surface area contributed by atoms with Crippen LogP contribution in [0.1, 0.15) is 11.1 Å². The van der Waals surface area contributed by atoms with Crippen LogP contribution in [0, 0.1) is 0 Å². The summed E-state index contributed by atoms with van der Waals surface area (Å²) in [6.45, 7) is 0.707. The fourth-order valence-electron chi connectivity index (χ4n) is 2.99. The van der Waals surface area contributed by atoms with Gasteiger partial charge in [0.05, 0.1) is 19.1 Å². The van der Waals surface area contributed by atoms with Crippen LogP contribution in [0.25, 0.3) is 0 Å². The largest absolute Gasteiger partial charge is 0.495 e. The molecule has 3 aromatic carbocycles. The molecule has 0 radical (unpaired) electrons. The lowest BCUT2D eigenvalue weighted by Crippen LogP contribution is -2.34. The van der Waals surface area contributed by atoms with E-state index < -0.39 is 10.1 Å². The van der Waals surface area contributed by atoms with Gasteiger partial charge in [-0.15, -0.1) is 0 Å². The summed E-state index contributed by atoms with van der Waals surface area (Å²) in [4.78, 5) is 14.8. The van der Waals surface area contributed by atoms with Gasteiger partial charge in [0.1, 0.15) is 11.5 Å². The van der Waals surface area contributed by atoms with Crippen molar-refractivity contribution >= 4 is 21.8 Å². The molecule has 0 heterocycles. The average Bonchev–Trinajstić information content (AvgIpc) is 2.74. The number of urea groups is 1. The fraction of sp³-hybridized carbons (Fsp3) is 0.174. The van der Waals surface area contributed by atoms with Gasteiger partial charge in [0.25, 0.3) is 0 Å². The minimum Gasteiger partial charge on any atom is -0.495 e. The molecule has 0 unspecified atom stereocenters. The Bertz CT molecular complexity index is 1120. The van der Waals surface area contributed by atoms with Crippen molar-refractivity contribution in [1.82, 2.24) is 4.90 Å². The van der Waals surface area contributed by atoms with Crippen LogP contribution in [0.4, 0.5) is 10.5 Å². The number of nitrogens with zero attached hydrogens (tertiary/aromatic N) is 1. The molecule has 7 nitrogen and oxygen atoms in total. The third-order valence-corrected chi connectivity index (χ3v) is 4.89. The molecule has 0 saturated heterocycles. The predicted molar refractivity (Wildman–Crippen MR) is 120 cm³/mol. The van der Waals surface area contributed by atoms with Crippen LogP contribution in [0.2, 0.25) is 0 Å². The quantitative estimate of drug-likeness (QED) is 0.529. The number of ether oxygens (including phenoxy) is 1. The van der Waals surface area contributed by atoms with Gasteiger partial charge in [0.15, 0.2) is 0 Å². The molecule has 0 aliphatic carbocycles. The van der Waals surface area contributed by atoms with Crippen LogP contribution in [0.15, 0.2) is 78.9 Å². The van der Waals surface area contributed by atoms with E-state index in [1.54, 1.807) is 48.4 Å². The van der Waals surface area contributed by atoms with Crippen molar-refractivity contribution in [2.75, 3.05) is 18.7 Å². The first-order chi connectivity index (χ1) is 14.8. The van der Waals surface area contributed by atoms with Crippen LogP contribution in [-0.2, 0) is 23.2 Å². The van der Waals surface area contributed by atoms with Gasteiger partial charge >= 0.3 is 16.1 Å². The van der Waals surface area contributed by atoms with Crippen molar-refractivity contribution in [3.8, 4) is 11.5 Å². The molecule has 1 N–H and O–H groups in total. The summed E-state index contributed by atoms with van der Waals surface area (Å²) in [5, 5.41) is 2.90. The standard InChI is InChI=1S/C23H24N2O5S/c1-29-22-11-7-6-10-21(22)24-23(26)25(16-18-8-4-3-5-9-18)17-19-12-14-20(15-13-19)30-31(2,27)28/h3-15H,16-17H2,1-2H3,(H,24,26). The Morgan fingerprint density at radius 3 is 2.06 bits per heavy atom. The van der Waals surface area contributed by atoms with Crippen molar-refractivity contribution < 1.29 is 22.1 Å². The smallest absolute Gasteiger partial charge is 0.322 e. The first-order valence-corrected chi connectivity index (χ1v) is 11.4. The Balaban J connectivity index is 1.80. The number of nitrogens with one attached hydrogen (secondary N) is 1. The van der Waals surface area contributed by atoms with Gasteiger partial charge < -0.3 is 19.1 Å². The van der Waals surface area contributed by atoms with Crippen LogP contribution < -0.4 is 14.2 Å². The van der Waals surface area contributed by atoms with Crippen LogP contribution in [0.5, 0.6) is 11.5 Å². The van der Waals surface area contributed by atoms with Crippen molar-refractivity contribution in [2.24, 2.45) is 0 Å². The zero-order valence-corrected chi connectivity index (χ0v) is 18.1. The summed E-state index contributed by atoms with van der Waals surface area (Å²) in [7, 11) is -2.05. The maximum absolute atomic E-state index is 13.1. The minimum atomic E-state index is -3.59. The van der Waals surface area contributed by atoms with E-state index in [0.717, 1.165) is 17.4 Å². The van der Waals surface area contributed by atoms with E-state index >= 15 is 0 Å². The zero-order valence-electron chi connectivity index (χ0n) is 17.3. The third-order valence-electron chi connectivity index (χ3n) is 4.40. The SMILES string of the molecule is COc1ccccc1NC(=O)N(Cc1ccccc1)Cc1ccc(OS(C)(=O)=O)cc1. The first kappa shape index (κ1) is 22.2. The molecule has 3 aromatic rings. The van der Waals surface area contributed by atoms with E-state index in [-0.39, 0.29) is 11.8 Å². The number of anilines is 1. The molecular weight excluding hydrogens is 416 g/mol. The highest BCUT2D eigenvalue weighted by atomic mass is 32.2. The highest BCUT2D eigenvalue weighted by molar-refractivity contribution is 7.86. The number of rotatable bonds is 8. The summed E-state index contributed by atoms with van der Waals surface area (Å²) >= 11 is 0. The molecule has 0 spiro atoms. The van der Waals surface area contributed by atoms with E-state index in [1.165, 1.54) is 0 Å².